The van der Waals surface area contributed by atoms with Crippen LogP contribution in [0.2, 0.25) is 0 Å². The Hall–Kier alpha value is -3.12. The minimum atomic E-state index is -0.828. The molecule has 2 aromatic carbocycles. The minimum Gasteiger partial charge on any atom is -0.508 e. The maximum Gasteiger partial charge on any atom is 0.295 e. The number of aliphatic hydroxyl groups is 1. The smallest absolute Gasteiger partial charge is 0.295 e. The number of hydrogen-bond donors (Lipinski definition) is 2. The van der Waals surface area contributed by atoms with E-state index in [4.69, 9.17) is 4.74 Å². The third-order valence-electron chi connectivity index (χ3n) is 5.87. The molecule has 0 radical (unpaired) electrons. The number of phenolic OH excluding ortho intramolecular Hbond substituents is 1. The average Bonchev–Trinajstić information content (AvgIpc) is 2.97. The van der Waals surface area contributed by atoms with Gasteiger partial charge < -0.3 is 19.8 Å². The Morgan fingerprint density at radius 3 is 2.42 bits per heavy atom. The van der Waals surface area contributed by atoms with Crippen molar-refractivity contribution in [1.29, 1.82) is 0 Å². The Labute approximate surface area is 195 Å². The lowest BCUT2D eigenvalue weighted by Gasteiger charge is -2.26. The number of aromatic hydroxyl groups is 1. The van der Waals surface area contributed by atoms with Crippen LogP contribution in [0.3, 0.4) is 0 Å². The van der Waals surface area contributed by atoms with Crippen molar-refractivity contribution in [3.63, 3.8) is 0 Å². The van der Waals surface area contributed by atoms with Gasteiger partial charge in [-0.1, -0.05) is 45.0 Å². The van der Waals surface area contributed by atoms with E-state index in [1.165, 1.54) is 17.0 Å². The second-order valence-electron chi connectivity index (χ2n) is 9.79. The van der Waals surface area contributed by atoms with E-state index in [1.54, 1.807) is 12.1 Å². The van der Waals surface area contributed by atoms with Crippen LogP contribution in [0.25, 0.3) is 5.76 Å². The molecule has 6 heteroatoms. The quantitative estimate of drug-likeness (QED) is 0.373. The molecule has 1 amide bonds. The molecule has 0 saturated carbocycles. The van der Waals surface area contributed by atoms with E-state index in [1.807, 2.05) is 39.0 Å². The highest BCUT2D eigenvalue weighted by molar-refractivity contribution is 6.46. The monoisotopic (exact) mass is 451 g/mol. The lowest BCUT2D eigenvalue weighted by Crippen LogP contribution is -2.33. The number of ketones is 1. The second kappa shape index (κ2) is 9.40. The van der Waals surface area contributed by atoms with E-state index >= 15 is 0 Å². The molecule has 33 heavy (non-hydrogen) atoms. The number of nitrogens with zero attached hydrogens (tertiary/aromatic N) is 1. The summed E-state index contributed by atoms with van der Waals surface area (Å²) in [6.45, 7) is 12.3. The number of aryl methyl sites for hydroxylation is 1. The van der Waals surface area contributed by atoms with Crippen molar-refractivity contribution < 1.29 is 24.5 Å². The van der Waals surface area contributed by atoms with Gasteiger partial charge in [0.25, 0.3) is 11.7 Å². The van der Waals surface area contributed by atoms with Crippen molar-refractivity contribution >= 4 is 17.4 Å². The van der Waals surface area contributed by atoms with Crippen molar-refractivity contribution in [3.8, 4) is 5.75 Å². The molecule has 2 aromatic rings. The molecule has 1 aliphatic rings. The van der Waals surface area contributed by atoms with Gasteiger partial charge in [0.05, 0.1) is 24.3 Å². The van der Waals surface area contributed by atoms with Crippen LogP contribution in [0, 0.1) is 6.92 Å². The van der Waals surface area contributed by atoms with Gasteiger partial charge in [-0.15, -0.1) is 0 Å². The first-order chi connectivity index (χ1) is 15.4. The van der Waals surface area contributed by atoms with Crippen LogP contribution in [0.15, 0.2) is 48.0 Å². The van der Waals surface area contributed by atoms with Crippen LogP contribution in [0.1, 0.15) is 62.9 Å². The maximum atomic E-state index is 13.2. The topological polar surface area (TPSA) is 87.1 Å². The zero-order chi connectivity index (χ0) is 24.5. The summed E-state index contributed by atoms with van der Waals surface area (Å²) in [6.07, 6.45) is -0.0242. The molecule has 1 unspecified atom stereocenters. The van der Waals surface area contributed by atoms with E-state index in [0.29, 0.717) is 11.1 Å². The van der Waals surface area contributed by atoms with Gasteiger partial charge in [-0.25, -0.2) is 0 Å². The van der Waals surface area contributed by atoms with Crippen molar-refractivity contribution in [1.82, 2.24) is 4.90 Å². The van der Waals surface area contributed by atoms with Crippen LogP contribution in [0.5, 0.6) is 5.75 Å². The molecule has 0 spiro atoms. The molecular weight excluding hydrogens is 418 g/mol. The van der Waals surface area contributed by atoms with Crippen molar-refractivity contribution in [3.05, 3.63) is 70.3 Å². The van der Waals surface area contributed by atoms with E-state index < -0.39 is 17.7 Å². The first-order valence-corrected chi connectivity index (χ1v) is 11.2. The third-order valence-corrected chi connectivity index (χ3v) is 5.87. The van der Waals surface area contributed by atoms with Gasteiger partial charge in [-0.2, -0.15) is 0 Å². The molecule has 1 saturated heterocycles. The largest absolute Gasteiger partial charge is 0.508 e. The number of rotatable bonds is 6. The summed E-state index contributed by atoms with van der Waals surface area (Å²) in [5.41, 5.74) is 2.72. The van der Waals surface area contributed by atoms with Gasteiger partial charge in [0.1, 0.15) is 11.5 Å². The summed E-state index contributed by atoms with van der Waals surface area (Å²) in [6, 6.07) is 11.4. The fraction of sp³-hybridized carbons (Fsp3) is 0.407. The average molecular weight is 452 g/mol. The lowest BCUT2D eigenvalue weighted by atomic mass is 9.84. The van der Waals surface area contributed by atoms with Crippen LogP contribution < -0.4 is 0 Å². The molecule has 1 aliphatic heterocycles. The van der Waals surface area contributed by atoms with Crippen molar-refractivity contribution in [2.24, 2.45) is 0 Å². The molecule has 0 bridgehead atoms. The predicted molar refractivity (Wildman–Crippen MR) is 128 cm³/mol. The molecule has 1 atom stereocenters. The fourth-order valence-electron chi connectivity index (χ4n) is 4.03. The summed E-state index contributed by atoms with van der Waals surface area (Å²) >= 11 is 0. The first-order valence-electron chi connectivity index (χ1n) is 11.2. The number of carbonyl (C=O) groups excluding carboxylic acids is 2. The number of benzene rings is 2. The molecular formula is C27H33NO5. The molecule has 176 valence electrons. The van der Waals surface area contributed by atoms with E-state index in [2.05, 4.69) is 20.8 Å². The van der Waals surface area contributed by atoms with E-state index in [0.717, 1.165) is 11.1 Å². The number of Topliss-reactive ketones (excluding diaryl/α,β-unsaturated/α-hetero) is 1. The standard InChI is InChI=1S/C27H33NO5/c1-16(2)33-13-12-28-23(18-8-7-9-20(29)14-18)22(25(31)26(28)32)24(30)21-15-19(27(4,5)6)11-10-17(21)3/h7-11,14-16,23,29-30H,12-13H2,1-6H3/b24-22+. The predicted octanol–water partition coefficient (Wildman–Crippen LogP) is 4.84. The van der Waals surface area contributed by atoms with Crippen molar-refractivity contribution in [2.45, 2.75) is 59.1 Å². The SMILES string of the molecule is Cc1ccc(C(C)(C)C)cc1/C(O)=C1\C(=O)C(=O)N(CCOC(C)C)C1c1cccc(O)c1. The Morgan fingerprint density at radius 1 is 1.12 bits per heavy atom. The Bertz CT molecular complexity index is 1090. The number of phenols is 1. The highest BCUT2D eigenvalue weighted by atomic mass is 16.5. The molecule has 0 aromatic heterocycles. The second-order valence-corrected chi connectivity index (χ2v) is 9.79. The maximum absolute atomic E-state index is 13.2. The first kappa shape index (κ1) is 24.5. The van der Waals surface area contributed by atoms with Gasteiger partial charge in [0.15, 0.2) is 0 Å². The van der Waals surface area contributed by atoms with Gasteiger partial charge in [0.2, 0.25) is 0 Å². The Morgan fingerprint density at radius 2 is 1.82 bits per heavy atom. The van der Waals surface area contributed by atoms with Crippen molar-refractivity contribution in [2.75, 3.05) is 13.2 Å². The van der Waals surface area contributed by atoms with Crippen LogP contribution in [-0.2, 0) is 19.7 Å². The number of ether oxygens (including phenoxy) is 1. The number of aliphatic hydroxyl groups excluding tert-OH is 1. The lowest BCUT2D eigenvalue weighted by molar-refractivity contribution is -0.140. The molecule has 6 nitrogen and oxygen atoms in total. The van der Waals surface area contributed by atoms with E-state index in [9.17, 15) is 19.8 Å². The summed E-state index contributed by atoms with van der Waals surface area (Å²) in [5, 5.41) is 21.5. The van der Waals surface area contributed by atoms with E-state index in [-0.39, 0.29) is 41.8 Å². The number of amides is 1. The highest BCUT2D eigenvalue weighted by Crippen LogP contribution is 2.41. The van der Waals surface area contributed by atoms with Gasteiger partial charge in [0, 0.05) is 12.1 Å². The third kappa shape index (κ3) is 5.11. The number of carbonyl (C=O) groups is 2. The zero-order valence-electron chi connectivity index (χ0n) is 20.2. The number of hydrogen-bond acceptors (Lipinski definition) is 5. The molecule has 1 heterocycles. The summed E-state index contributed by atoms with van der Waals surface area (Å²) < 4.78 is 5.61. The Kier molecular flexibility index (Phi) is 6.98. The minimum absolute atomic E-state index is 0.0161. The van der Waals surface area contributed by atoms with Gasteiger partial charge in [-0.3, -0.25) is 9.59 Å². The normalized spacial score (nSPS) is 18.4. The molecule has 2 N–H and O–H groups in total. The summed E-state index contributed by atoms with van der Waals surface area (Å²) in [7, 11) is 0. The van der Waals surface area contributed by atoms with Gasteiger partial charge in [-0.05, 0) is 61.1 Å². The fourth-order valence-corrected chi connectivity index (χ4v) is 4.03. The van der Waals surface area contributed by atoms with Crippen LogP contribution >= 0.6 is 0 Å². The van der Waals surface area contributed by atoms with Crippen LogP contribution in [-0.4, -0.2) is 46.1 Å². The highest BCUT2D eigenvalue weighted by Gasteiger charge is 2.46. The zero-order valence-corrected chi connectivity index (χ0v) is 20.2. The summed E-state index contributed by atoms with van der Waals surface area (Å²) in [5.74, 6) is -1.63. The van der Waals surface area contributed by atoms with Gasteiger partial charge >= 0.3 is 0 Å². The van der Waals surface area contributed by atoms with Crippen LogP contribution in [0.4, 0.5) is 0 Å². The molecule has 3 rings (SSSR count). The summed E-state index contributed by atoms with van der Waals surface area (Å²) in [4.78, 5) is 27.6. The Balaban J connectivity index is 2.18. The molecule has 0 aliphatic carbocycles. The molecule has 1 fully saturated rings. The number of likely N-dealkylation sites (tertiary alicyclic amines) is 1.